The Labute approximate surface area is 167 Å². The minimum Gasteiger partial charge on any atom is -0.507 e. The number of hydrogen-bond acceptors (Lipinski definition) is 5. The highest BCUT2D eigenvalue weighted by atomic mass is 16.5. The number of nitrogens with zero attached hydrogens (tertiary/aromatic N) is 1. The van der Waals surface area contributed by atoms with Crippen LogP contribution in [0.3, 0.4) is 0 Å². The molecular formula is C22H30N2O4. The van der Waals surface area contributed by atoms with Crippen molar-refractivity contribution < 1.29 is 19.4 Å². The summed E-state index contributed by atoms with van der Waals surface area (Å²) in [5.74, 6) is -0.520. The summed E-state index contributed by atoms with van der Waals surface area (Å²) in [4.78, 5) is 24.8. The van der Waals surface area contributed by atoms with Crippen molar-refractivity contribution in [3.63, 3.8) is 0 Å². The molecule has 28 heavy (non-hydrogen) atoms. The molecule has 2 aromatic rings. The molecular weight excluding hydrogens is 356 g/mol. The number of aryl methyl sites for hydroxylation is 2. The molecule has 0 aliphatic carbocycles. The summed E-state index contributed by atoms with van der Waals surface area (Å²) in [6.45, 7) is 10.4. The van der Waals surface area contributed by atoms with E-state index in [1.165, 1.54) is 19.2 Å². The fourth-order valence-electron chi connectivity index (χ4n) is 2.60. The fourth-order valence-corrected chi connectivity index (χ4v) is 2.60. The molecule has 2 N–H and O–H groups in total. The summed E-state index contributed by atoms with van der Waals surface area (Å²) in [5, 5.41) is 12.1. The van der Waals surface area contributed by atoms with Gasteiger partial charge in [0.1, 0.15) is 11.3 Å². The van der Waals surface area contributed by atoms with Crippen LogP contribution in [0.15, 0.2) is 42.5 Å². The van der Waals surface area contributed by atoms with Crippen molar-refractivity contribution in [3.8, 4) is 5.75 Å². The van der Waals surface area contributed by atoms with Crippen LogP contribution in [0, 0.1) is 13.8 Å². The third-order valence-electron chi connectivity index (χ3n) is 4.32. The van der Waals surface area contributed by atoms with Gasteiger partial charge >= 0.3 is 5.97 Å². The summed E-state index contributed by atoms with van der Waals surface area (Å²) in [6.07, 6.45) is 0. The number of phenols is 1. The van der Waals surface area contributed by atoms with Gasteiger partial charge in [0, 0.05) is 5.69 Å². The molecule has 2 rings (SSSR count). The zero-order chi connectivity index (χ0) is 21.1. The Morgan fingerprint density at radius 1 is 1.00 bits per heavy atom. The molecule has 2 aromatic carbocycles. The monoisotopic (exact) mass is 386 g/mol. The van der Waals surface area contributed by atoms with E-state index in [1.54, 1.807) is 12.1 Å². The average Bonchev–Trinajstić information content (AvgIpc) is 2.69. The molecule has 0 aromatic heterocycles. The first-order valence-corrected chi connectivity index (χ1v) is 9.28. The molecule has 6 heteroatoms. The average molecular weight is 386 g/mol. The van der Waals surface area contributed by atoms with Gasteiger partial charge in [0.25, 0.3) is 0 Å². The maximum absolute atomic E-state index is 11.9. The van der Waals surface area contributed by atoms with Gasteiger partial charge in [0.15, 0.2) is 0 Å². The number of esters is 1. The first-order valence-electron chi connectivity index (χ1n) is 9.28. The number of likely N-dealkylation sites (N-methyl/N-ethyl adjacent to an activating group) is 1. The number of hydrogen-bond donors (Lipinski definition) is 2. The SMILES string of the molecule is CCN(CC)CC(=O)Nc1c(C)cccc1C.COC(=O)c1ccccc1O. The third-order valence-corrected chi connectivity index (χ3v) is 4.32. The largest absolute Gasteiger partial charge is 0.507 e. The fraction of sp³-hybridized carbons (Fsp3) is 0.364. The Kier molecular flexibility index (Phi) is 9.74. The standard InChI is InChI=1S/C14H22N2O.C8H8O3/c1-5-16(6-2)10-13(17)15-14-11(3)8-7-9-12(14)4;1-11-8(10)6-4-2-3-5-7(6)9/h7-9H,5-6,10H2,1-4H3,(H,15,17);2-5,9H,1H3. The molecule has 0 unspecified atom stereocenters. The van der Waals surface area contributed by atoms with E-state index in [0.717, 1.165) is 29.9 Å². The van der Waals surface area contributed by atoms with Crippen LogP contribution in [0.4, 0.5) is 5.69 Å². The second-order valence-electron chi connectivity index (χ2n) is 6.29. The number of nitrogens with one attached hydrogen (secondary N) is 1. The van der Waals surface area contributed by atoms with Crippen LogP contribution in [0.2, 0.25) is 0 Å². The molecule has 0 atom stereocenters. The maximum atomic E-state index is 11.9. The van der Waals surface area contributed by atoms with Gasteiger partial charge < -0.3 is 15.2 Å². The molecule has 1 amide bonds. The van der Waals surface area contributed by atoms with E-state index in [9.17, 15) is 9.59 Å². The first-order chi connectivity index (χ1) is 13.3. The van der Waals surface area contributed by atoms with Crippen LogP contribution in [0.25, 0.3) is 0 Å². The number of para-hydroxylation sites is 2. The van der Waals surface area contributed by atoms with Crippen LogP contribution < -0.4 is 5.32 Å². The van der Waals surface area contributed by atoms with Crippen LogP contribution in [-0.4, -0.2) is 48.6 Å². The van der Waals surface area contributed by atoms with E-state index < -0.39 is 5.97 Å². The lowest BCUT2D eigenvalue weighted by atomic mass is 10.1. The van der Waals surface area contributed by atoms with Crippen LogP contribution in [0.1, 0.15) is 35.3 Å². The third kappa shape index (κ3) is 7.04. The van der Waals surface area contributed by atoms with Crippen molar-refractivity contribution in [1.82, 2.24) is 4.90 Å². The summed E-state index contributed by atoms with van der Waals surface area (Å²) in [6, 6.07) is 12.3. The number of ether oxygens (including phenoxy) is 1. The summed E-state index contributed by atoms with van der Waals surface area (Å²) < 4.78 is 4.42. The van der Waals surface area contributed by atoms with E-state index in [1.807, 2.05) is 32.0 Å². The van der Waals surface area contributed by atoms with Crippen LogP contribution in [0.5, 0.6) is 5.75 Å². The van der Waals surface area contributed by atoms with Gasteiger partial charge in [-0.25, -0.2) is 4.79 Å². The molecule has 0 fully saturated rings. The number of methoxy groups -OCH3 is 1. The number of benzene rings is 2. The predicted octanol–water partition coefficient (Wildman–Crippen LogP) is 3.76. The normalized spacial score (nSPS) is 10.1. The molecule has 0 aliphatic heterocycles. The van der Waals surface area contributed by atoms with E-state index in [4.69, 9.17) is 5.11 Å². The highest BCUT2D eigenvalue weighted by Crippen LogP contribution is 2.19. The lowest BCUT2D eigenvalue weighted by Crippen LogP contribution is -2.33. The van der Waals surface area contributed by atoms with Gasteiger partial charge in [0.2, 0.25) is 5.91 Å². The van der Waals surface area contributed by atoms with Crippen molar-refractivity contribution in [2.75, 3.05) is 32.1 Å². The highest BCUT2D eigenvalue weighted by Gasteiger charge is 2.10. The predicted molar refractivity (Wildman–Crippen MR) is 112 cm³/mol. The van der Waals surface area contributed by atoms with Crippen LogP contribution >= 0.6 is 0 Å². The van der Waals surface area contributed by atoms with Crippen molar-refractivity contribution in [1.29, 1.82) is 0 Å². The molecule has 0 saturated heterocycles. The van der Waals surface area contributed by atoms with E-state index >= 15 is 0 Å². The van der Waals surface area contributed by atoms with E-state index in [2.05, 4.69) is 28.8 Å². The Bertz CT molecular complexity index is 766. The lowest BCUT2D eigenvalue weighted by molar-refractivity contribution is -0.117. The number of rotatable bonds is 6. The van der Waals surface area contributed by atoms with Gasteiger partial charge in [-0.3, -0.25) is 9.69 Å². The molecule has 0 spiro atoms. The molecule has 152 valence electrons. The zero-order valence-corrected chi connectivity index (χ0v) is 17.3. The molecule has 0 heterocycles. The Balaban J connectivity index is 0.000000307. The van der Waals surface area contributed by atoms with E-state index in [-0.39, 0.29) is 17.2 Å². The number of phenolic OH excluding ortho intramolecular Hbond substituents is 1. The minimum atomic E-state index is -0.525. The van der Waals surface area contributed by atoms with Crippen molar-refractivity contribution >= 4 is 17.6 Å². The van der Waals surface area contributed by atoms with Crippen molar-refractivity contribution in [2.24, 2.45) is 0 Å². The van der Waals surface area contributed by atoms with Crippen molar-refractivity contribution in [2.45, 2.75) is 27.7 Å². The van der Waals surface area contributed by atoms with Gasteiger partial charge in [-0.1, -0.05) is 44.2 Å². The quantitative estimate of drug-likeness (QED) is 0.739. The number of amides is 1. The van der Waals surface area contributed by atoms with Crippen LogP contribution in [-0.2, 0) is 9.53 Å². The Morgan fingerprint density at radius 2 is 1.57 bits per heavy atom. The number of aromatic hydroxyl groups is 1. The zero-order valence-electron chi connectivity index (χ0n) is 17.3. The van der Waals surface area contributed by atoms with Gasteiger partial charge in [-0.15, -0.1) is 0 Å². The smallest absolute Gasteiger partial charge is 0.341 e. The maximum Gasteiger partial charge on any atom is 0.341 e. The van der Waals surface area contributed by atoms with Gasteiger partial charge in [-0.2, -0.15) is 0 Å². The second-order valence-corrected chi connectivity index (χ2v) is 6.29. The molecule has 0 radical (unpaired) electrons. The summed E-state index contributed by atoms with van der Waals surface area (Å²) in [5.41, 5.74) is 3.36. The molecule has 0 bridgehead atoms. The first kappa shape index (κ1) is 23.2. The summed E-state index contributed by atoms with van der Waals surface area (Å²) >= 11 is 0. The highest BCUT2D eigenvalue weighted by molar-refractivity contribution is 5.93. The number of anilines is 1. The summed E-state index contributed by atoms with van der Waals surface area (Å²) in [7, 11) is 1.27. The van der Waals surface area contributed by atoms with E-state index in [0.29, 0.717) is 6.54 Å². The number of carbonyl (C=O) groups excluding carboxylic acids is 2. The minimum absolute atomic E-state index is 0.0562. The molecule has 0 aliphatic rings. The topological polar surface area (TPSA) is 78.9 Å². The molecule has 0 saturated carbocycles. The second kappa shape index (κ2) is 11.8. The Morgan fingerprint density at radius 3 is 2.07 bits per heavy atom. The lowest BCUT2D eigenvalue weighted by Gasteiger charge is -2.18. The Hall–Kier alpha value is -2.86. The van der Waals surface area contributed by atoms with Gasteiger partial charge in [0.05, 0.1) is 13.7 Å². The van der Waals surface area contributed by atoms with Gasteiger partial charge in [-0.05, 0) is 50.2 Å². The van der Waals surface area contributed by atoms with Crippen molar-refractivity contribution in [3.05, 3.63) is 59.2 Å². The number of carbonyl (C=O) groups is 2. The molecule has 6 nitrogen and oxygen atoms in total.